The zero-order valence-electron chi connectivity index (χ0n) is 9.01. The highest BCUT2D eigenvalue weighted by molar-refractivity contribution is 5.76. The lowest BCUT2D eigenvalue weighted by molar-refractivity contribution is -0.130. The number of likely N-dealkylation sites (tertiary alicyclic amines) is 1. The van der Waals surface area contributed by atoms with Gasteiger partial charge in [-0.05, 0) is 25.8 Å². The van der Waals surface area contributed by atoms with Crippen molar-refractivity contribution in [3.63, 3.8) is 0 Å². The van der Waals surface area contributed by atoms with E-state index in [-0.39, 0.29) is 0 Å². The minimum atomic E-state index is 0.358. The van der Waals surface area contributed by atoms with Gasteiger partial charge in [-0.25, -0.2) is 0 Å². The Hall–Kier alpha value is -0.570. The summed E-state index contributed by atoms with van der Waals surface area (Å²) in [6.45, 7) is 6.30. The number of hydrogen-bond donors (Lipinski definition) is 1. The fraction of sp³-hybridized carbons (Fsp3) is 0.909. The second kappa shape index (κ2) is 3.89. The third-order valence-corrected chi connectivity index (χ3v) is 3.59. The molecule has 0 aliphatic carbocycles. The van der Waals surface area contributed by atoms with E-state index in [9.17, 15) is 4.79 Å². The normalized spacial score (nSPS) is 31.6. The van der Waals surface area contributed by atoms with Crippen LogP contribution < -0.4 is 5.32 Å². The summed E-state index contributed by atoms with van der Waals surface area (Å²) in [5.74, 6) is 0.358. The average molecular weight is 196 g/mol. The molecule has 1 unspecified atom stereocenters. The van der Waals surface area contributed by atoms with Gasteiger partial charge < -0.3 is 10.2 Å². The van der Waals surface area contributed by atoms with Crippen molar-refractivity contribution in [1.82, 2.24) is 10.2 Å². The van der Waals surface area contributed by atoms with E-state index in [1.54, 1.807) is 0 Å². The average Bonchev–Trinajstić information content (AvgIpc) is 2.78. The number of nitrogens with zero attached hydrogens (tertiary/aromatic N) is 1. The fourth-order valence-electron chi connectivity index (χ4n) is 2.66. The van der Waals surface area contributed by atoms with Gasteiger partial charge in [-0.1, -0.05) is 6.92 Å². The fourth-order valence-corrected chi connectivity index (χ4v) is 2.66. The summed E-state index contributed by atoms with van der Waals surface area (Å²) in [7, 11) is 0. The molecule has 2 aliphatic heterocycles. The van der Waals surface area contributed by atoms with E-state index in [1.807, 2.05) is 0 Å². The SMILES string of the molecule is CCCC(=O)N1CCC2(CCNC2)C1. The molecule has 3 nitrogen and oxygen atoms in total. The van der Waals surface area contributed by atoms with E-state index >= 15 is 0 Å². The van der Waals surface area contributed by atoms with Crippen LogP contribution in [0.25, 0.3) is 0 Å². The predicted octanol–water partition coefficient (Wildman–Crippen LogP) is 0.998. The second-order valence-corrected chi connectivity index (χ2v) is 4.74. The first-order valence-electron chi connectivity index (χ1n) is 5.74. The van der Waals surface area contributed by atoms with Crippen molar-refractivity contribution in [2.24, 2.45) is 5.41 Å². The molecule has 2 heterocycles. The predicted molar refractivity (Wildman–Crippen MR) is 56.0 cm³/mol. The van der Waals surface area contributed by atoms with Gasteiger partial charge in [0.2, 0.25) is 5.91 Å². The van der Waals surface area contributed by atoms with Crippen molar-refractivity contribution in [3.8, 4) is 0 Å². The van der Waals surface area contributed by atoms with Crippen molar-refractivity contribution < 1.29 is 4.79 Å². The van der Waals surface area contributed by atoms with E-state index in [0.29, 0.717) is 11.3 Å². The number of hydrogen-bond acceptors (Lipinski definition) is 2. The maximum Gasteiger partial charge on any atom is 0.222 e. The molecule has 80 valence electrons. The van der Waals surface area contributed by atoms with Crippen molar-refractivity contribution in [2.75, 3.05) is 26.2 Å². The van der Waals surface area contributed by atoms with Gasteiger partial charge in [0.15, 0.2) is 0 Å². The van der Waals surface area contributed by atoms with Gasteiger partial charge in [0, 0.05) is 31.5 Å². The van der Waals surface area contributed by atoms with Crippen LogP contribution in [0.1, 0.15) is 32.6 Å². The summed E-state index contributed by atoms with van der Waals surface area (Å²) in [6.07, 6.45) is 4.16. The first-order chi connectivity index (χ1) is 6.76. The molecule has 1 N–H and O–H groups in total. The minimum Gasteiger partial charge on any atom is -0.342 e. The van der Waals surface area contributed by atoms with Crippen LogP contribution in [0.3, 0.4) is 0 Å². The third kappa shape index (κ3) is 1.78. The van der Waals surface area contributed by atoms with E-state index in [0.717, 1.165) is 39.0 Å². The van der Waals surface area contributed by atoms with Gasteiger partial charge >= 0.3 is 0 Å². The van der Waals surface area contributed by atoms with Crippen LogP contribution in [-0.4, -0.2) is 37.0 Å². The lowest BCUT2D eigenvalue weighted by Crippen LogP contribution is -2.33. The molecule has 14 heavy (non-hydrogen) atoms. The summed E-state index contributed by atoms with van der Waals surface area (Å²) >= 11 is 0. The minimum absolute atomic E-state index is 0.358. The van der Waals surface area contributed by atoms with Gasteiger partial charge in [-0.2, -0.15) is 0 Å². The highest BCUT2D eigenvalue weighted by Crippen LogP contribution is 2.36. The Bertz CT molecular complexity index is 221. The van der Waals surface area contributed by atoms with Crippen molar-refractivity contribution in [2.45, 2.75) is 32.6 Å². The van der Waals surface area contributed by atoms with Crippen LogP contribution in [-0.2, 0) is 4.79 Å². The quantitative estimate of drug-likeness (QED) is 0.714. The molecule has 3 heteroatoms. The van der Waals surface area contributed by atoms with Crippen LogP contribution in [0.5, 0.6) is 0 Å². The van der Waals surface area contributed by atoms with Gasteiger partial charge in [0.05, 0.1) is 0 Å². The second-order valence-electron chi connectivity index (χ2n) is 4.74. The Labute approximate surface area is 85.8 Å². The summed E-state index contributed by atoms with van der Waals surface area (Å²) in [6, 6.07) is 0. The number of nitrogens with one attached hydrogen (secondary N) is 1. The number of carbonyl (C=O) groups excluding carboxylic acids is 1. The van der Waals surface area contributed by atoms with Crippen molar-refractivity contribution >= 4 is 5.91 Å². The highest BCUT2D eigenvalue weighted by atomic mass is 16.2. The molecule has 0 aromatic carbocycles. The lowest BCUT2D eigenvalue weighted by atomic mass is 9.87. The molecule has 1 spiro atoms. The monoisotopic (exact) mass is 196 g/mol. The molecule has 0 bridgehead atoms. The first kappa shape index (κ1) is 9.97. The Kier molecular flexibility index (Phi) is 2.77. The summed E-state index contributed by atoms with van der Waals surface area (Å²) in [5.41, 5.74) is 0.434. The Morgan fingerprint density at radius 2 is 2.36 bits per heavy atom. The summed E-state index contributed by atoms with van der Waals surface area (Å²) in [4.78, 5) is 13.8. The number of rotatable bonds is 2. The van der Waals surface area contributed by atoms with E-state index in [2.05, 4.69) is 17.1 Å². The molecular weight excluding hydrogens is 176 g/mol. The number of carbonyl (C=O) groups is 1. The molecule has 2 fully saturated rings. The smallest absolute Gasteiger partial charge is 0.222 e. The van der Waals surface area contributed by atoms with E-state index < -0.39 is 0 Å². The maximum absolute atomic E-state index is 11.7. The molecule has 0 aromatic heterocycles. The highest BCUT2D eigenvalue weighted by Gasteiger charge is 2.41. The Morgan fingerprint density at radius 3 is 3.00 bits per heavy atom. The maximum atomic E-state index is 11.7. The molecule has 2 rings (SSSR count). The van der Waals surface area contributed by atoms with Gasteiger partial charge in [-0.15, -0.1) is 0 Å². The van der Waals surface area contributed by atoms with Crippen LogP contribution in [0.4, 0.5) is 0 Å². The molecule has 1 atom stereocenters. The first-order valence-corrected chi connectivity index (χ1v) is 5.74. The molecule has 1 amide bonds. The van der Waals surface area contributed by atoms with Crippen molar-refractivity contribution in [3.05, 3.63) is 0 Å². The van der Waals surface area contributed by atoms with Gasteiger partial charge in [-0.3, -0.25) is 4.79 Å². The van der Waals surface area contributed by atoms with Crippen LogP contribution in [0.15, 0.2) is 0 Å². The summed E-state index contributed by atoms with van der Waals surface area (Å²) < 4.78 is 0. The number of amides is 1. The van der Waals surface area contributed by atoms with E-state index in [1.165, 1.54) is 12.8 Å². The van der Waals surface area contributed by atoms with Crippen LogP contribution >= 0.6 is 0 Å². The Morgan fingerprint density at radius 1 is 1.50 bits per heavy atom. The van der Waals surface area contributed by atoms with Crippen LogP contribution in [0.2, 0.25) is 0 Å². The molecule has 0 aromatic rings. The third-order valence-electron chi connectivity index (χ3n) is 3.59. The lowest BCUT2D eigenvalue weighted by Gasteiger charge is -2.22. The topological polar surface area (TPSA) is 32.3 Å². The van der Waals surface area contributed by atoms with Crippen LogP contribution in [0, 0.1) is 5.41 Å². The molecule has 2 aliphatic rings. The Balaban J connectivity index is 1.90. The van der Waals surface area contributed by atoms with Gasteiger partial charge in [0.25, 0.3) is 0 Å². The zero-order valence-corrected chi connectivity index (χ0v) is 9.01. The molecule has 2 saturated heterocycles. The largest absolute Gasteiger partial charge is 0.342 e. The zero-order chi connectivity index (χ0) is 10.0. The van der Waals surface area contributed by atoms with E-state index in [4.69, 9.17) is 0 Å². The van der Waals surface area contributed by atoms with Gasteiger partial charge in [0.1, 0.15) is 0 Å². The molecular formula is C11H20N2O. The molecule has 0 saturated carbocycles. The standard InChI is InChI=1S/C11H20N2O/c1-2-3-10(14)13-7-5-11(9-13)4-6-12-8-11/h12H,2-9H2,1H3. The molecule has 0 radical (unpaired) electrons. The van der Waals surface area contributed by atoms with Crippen molar-refractivity contribution in [1.29, 1.82) is 0 Å². The summed E-state index contributed by atoms with van der Waals surface area (Å²) in [5, 5.41) is 3.41.